The Labute approximate surface area is 118 Å². The van der Waals surface area contributed by atoms with Gasteiger partial charge < -0.3 is 0 Å². The Morgan fingerprint density at radius 3 is 2.42 bits per heavy atom. The molecular formula is C15H17ClN2O. The van der Waals surface area contributed by atoms with Crippen molar-refractivity contribution in [3.63, 3.8) is 0 Å². The van der Waals surface area contributed by atoms with Crippen LogP contribution in [0.25, 0.3) is 0 Å². The van der Waals surface area contributed by atoms with Crippen molar-refractivity contribution < 1.29 is 4.79 Å². The Hall–Kier alpha value is -1.61. The summed E-state index contributed by atoms with van der Waals surface area (Å²) in [7, 11) is 0. The SMILES string of the molecule is Cc1nn(CC(=O)c2ccc(C(C)C)cc2)cc1Cl. The van der Waals surface area contributed by atoms with Gasteiger partial charge in [-0.15, -0.1) is 0 Å². The first-order valence-corrected chi connectivity index (χ1v) is 6.68. The molecule has 0 aliphatic carbocycles. The largest absolute Gasteiger partial charge is 0.292 e. The number of benzene rings is 1. The molecule has 19 heavy (non-hydrogen) atoms. The molecule has 2 aromatic rings. The van der Waals surface area contributed by atoms with Gasteiger partial charge in [-0.3, -0.25) is 9.48 Å². The van der Waals surface area contributed by atoms with Crippen LogP contribution in [-0.4, -0.2) is 15.6 Å². The van der Waals surface area contributed by atoms with Gasteiger partial charge in [0.05, 0.1) is 10.7 Å². The van der Waals surface area contributed by atoms with Gasteiger partial charge >= 0.3 is 0 Å². The van der Waals surface area contributed by atoms with E-state index in [9.17, 15) is 4.79 Å². The molecule has 4 heteroatoms. The zero-order chi connectivity index (χ0) is 14.0. The number of aromatic nitrogens is 2. The van der Waals surface area contributed by atoms with Crippen LogP contribution in [0.1, 0.15) is 41.4 Å². The molecule has 2 rings (SSSR count). The summed E-state index contributed by atoms with van der Waals surface area (Å²) in [6.07, 6.45) is 1.68. The highest BCUT2D eigenvalue weighted by Crippen LogP contribution is 2.16. The van der Waals surface area contributed by atoms with Gasteiger partial charge in [0.25, 0.3) is 0 Å². The average molecular weight is 277 g/mol. The van der Waals surface area contributed by atoms with E-state index in [2.05, 4.69) is 18.9 Å². The molecule has 0 unspecified atom stereocenters. The molecule has 0 saturated carbocycles. The van der Waals surface area contributed by atoms with E-state index < -0.39 is 0 Å². The molecule has 0 saturated heterocycles. The fourth-order valence-corrected chi connectivity index (χ4v) is 2.02. The number of carbonyl (C=O) groups is 1. The molecule has 0 aliphatic heterocycles. The van der Waals surface area contributed by atoms with Crippen LogP contribution in [0.2, 0.25) is 5.02 Å². The standard InChI is InChI=1S/C15H17ClN2O/c1-10(2)12-4-6-13(7-5-12)15(19)9-18-8-14(16)11(3)17-18/h4-8,10H,9H2,1-3H3. The summed E-state index contributed by atoms with van der Waals surface area (Å²) in [5, 5.41) is 4.77. The van der Waals surface area contributed by atoms with E-state index in [4.69, 9.17) is 11.6 Å². The van der Waals surface area contributed by atoms with Crippen LogP contribution in [0.3, 0.4) is 0 Å². The van der Waals surface area contributed by atoms with Gasteiger partial charge in [0, 0.05) is 11.8 Å². The molecule has 0 atom stereocenters. The number of hydrogen-bond donors (Lipinski definition) is 0. The van der Waals surface area contributed by atoms with Crippen LogP contribution in [0, 0.1) is 6.92 Å². The molecule has 3 nitrogen and oxygen atoms in total. The minimum atomic E-state index is 0.0365. The second-order valence-corrected chi connectivity index (χ2v) is 5.37. The molecule has 0 amide bonds. The first-order chi connectivity index (χ1) is 8.97. The smallest absolute Gasteiger partial charge is 0.184 e. The van der Waals surface area contributed by atoms with E-state index in [0.717, 1.165) is 5.69 Å². The molecule has 0 fully saturated rings. The summed E-state index contributed by atoms with van der Waals surface area (Å²) in [6.45, 7) is 6.30. The Morgan fingerprint density at radius 1 is 1.32 bits per heavy atom. The zero-order valence-electron chi connectivity index (χ0n) is 11.4. The van der Waals surface area contributed by atoms with E-state index in [1.807, 2.05) is 31.2 Å². The van der Waals surface area contributed by atoms with Crippen LogP contribution < -0.4 is 0 Å². The Bertz CT molecular complexity index is 565. The van der Waals surface area contributed by atoms with E-state index in [0.29, 0.717) is 16.5 Å². The maximum Gasteiger partial charge on any atom is 0.184 e. The summed E-state index contributed by atoms with van der Waals surface area (Å²) >= 11 is 5.92. The number of nitrogens with zero attached hydrogens (tertiary/aromatic N) is 2. The first kappa shape index (κ1) is 13.8. The summed E-state index contributed by atoms with van der Waals surface area (Å²) in [6, 6.07) is 7.74. The number of Topliss-reactive ketones (excluding diaryl/α,β-unsaturated/α-hetero) is 1. The van der Waals surface area contributed by atoms with Crippen LogP contribution in [0.4, 0.5) is 0 Å². The van der Waals surface area contributed by atoms with Gasteiger partial charge in [0.2, 0.25) is 0 Å². The van der Waals surface area contributed by atoms with Crippen molar-refractivity contribution in [2.24, 2.45) is 0 Å². The van der Waals surface area contributed by atoms with Gasteiger partial charge in [-0.1, -0.05) is 49.7 Å². The number of carbonyl (C=O) groups excluding carboxylic acids is 1. The Morgan fingerprint density at radius 2 is 1.95 bits per heavy atom. The topological polar surface area (TPSA) is 34.9 Å². The minimum absolute atomic E-state index is 0.0365. The van der Waals surface area contributed by atoms with Crippen molar-refractivity contribution in [3.8, 4) is 0 Å². The number of rotatable bonds is 4. The summed E-state index contributed by atoms with van der Waals surface area (Å²) in [4.78, 5) is 12.1. The maximum absolute atomic E-state index is 12.1. The van der Waals surface area contributed by atoms with Crippen molar-refractivity contribution in [2.45, 2.75) is 33.2 Å². The molecule has 1 heterocycles. The van der Waals surface area contributed by atoms with E-state index in [1.165, 1.54) is 5.56 Å². The van der Waals surface area contributed by atoms with Crippen molar-refractivity contribution >= 4 is 17.4 Å². The molecule has 0 aliphatic rings. The lowest BCUT2D eigenvalue weighted by Gasteiger charge is -2.06. The van der Waals surface area contributed by atoms with Crippen molar-refractivity contribution in [2.75, 3.05) is 0 Å². The predicted octanol–water partition coefficient (Wildman–Crippen LogP) is 3.85. The highest BCUT2D eigenvalue weighted by molar-refractivity contribution is 6.31. The third-order valence-corrected chi connectivity index (χ3v) is 3.46. The molecule has 1 aromatic carbocycles. The second-order valence-electron chi connectivity index (χ2n) is 4.96. The highest BCUT2D eigenvalue weighted by atomic mass is 35.5. The molecular weight excluding hydrogens is 260 g/mol. The first-order valence-electron chi connectivity index (χ1n) is 6.30. The van der Waals surface area contributed by atoms with E-state index in [1.54, 1.807) is 10.9 Å². The Balaban J connectivity index is 2.11. The number of halogens is 1. The van der Waals surface area contributed by atoms with Gasteiger partial charge in [-0.25, -0.2) is 0 Å². The van der Waals surface area contributed by atoms with Gasteiger partial charge in [0.1, 0.15) is 6.54 Å². The summed E-state index contributed by atoms with van der Waals surface area (Å²) < 4.78 is 1.58. The Kier molecular flexibility index (Phi) is 4.05. The lowest BCUT2D eigenvalue weighted by atomic mass is 10.0. The number of aryl methyl sites for hydroxylation is 1. The normalized spacial score (nSPS) is 11.0. The van der Waals surface area contributed by atoms with Gasteiger partial charge in [-0.2, -0.15) is 5.10 Å². The quantitative estimate of drug-likeness (QED) is 0.795. The second kappa shape index (κ2) is 5.57. The lowest BCUT2D eigenvalue weighted by molar-refractivity contribution is 0.0967. The van der Waals surface area contributed by atoms with Gasteiger partial charge in [-0.05, 0) is 18.4 Å². The molecule has 0 radical (unpaired) electrons. The summed E-state index contributed by atoms with van der Waals surface area (Å²) in [5.41, 5.74) is 2.67. The zero-order valence-corrected chi connectivity index (χ0v) is 12.1. The number of hydrogen-bond acceptors (Lipinski definition) is 2. The van der Waals surface area contributed by atoms with Crippen molar-refractivity contribution in [1.82, 2.24) is 9.78 Å². The van der Waals surface area contributed by atoms with E-state index in [-0.39, 0.29) is 12.3 Å². The molecule has 0 bridgehead atoms. The predicted molar refractivity (Wildman–Crippen MR) is 76.8 cm³/mol. The monoisotopic (exact) mass is 276 g/mol. The summed E-state index contributed by atoms with van der Waals surface area (Å²) in [5.74, 6) is 0.506. The molecule has 0 spiro atoms. The fourth-order valence-electron chi connectivity index (χ4n) is 1.87. The lowest BCUT2D eigenvalue weighted by Crippen LogP contribution is -2.11. The number of ketones is 1. The van der Waals surface area contributed by atoms with Crippen molar-refractivity contribution in [1.29, 1.82) is 0 Å². The molecule has 1 aromatic heterocycles. The highest BCUT2D eigenvalue weighted by Gasteiger charge is 2.10. The van der Waals surface area contributed by atoms with Crippen LogP contribution in [0.5, 0.6) is 0 Å². The fraction of sp³-hybridized carbons (Fsp3) is 0.333. The van der Waals surface area contributed by atoms with Crippen molar-refractivity contribution in [3.05, 3.63) is 52.3 Å². The van der Waals surface area contributed by atoms with Gasteiger partial charge in [0.15, 0.2) is 5.78 Å². The molecule has 100 valence electrons. The third-order valence-electron chi connectivity index (χ3n) is 3.09. The minimum Gasteiger partial charge on any atom is -0.292 e. The van der Waals surface area contributed by atoms with Crippen LogP contribution in [0.15, 0.2) is 30.5 Å². The van der Waals surface area contributed by atoms with E-state index >= 15 is 0 Å². The third kappa shape index (κ3) is 3.24. The van der Waals surface area contributed by atoms with Crippen LogP contribution >= 0.6 is 11.6 Å². The maximum atomic E-state index is 12.1. The van der Waals surface area contributed by atoms with Crippen LogP contribution in [-0.2, 0) is 6.54 Å². The average Bonchev–Trinajstić information content (AvgIpc) is 2.68. The molecule has 0 N–H and O–H groups in total.